The average Bonchev–Trinajstić information content (AvgIpc) is 2.02. The topological polar surface area (TPSA) is 37.3 Å². The fraction of sp³-hybridized carbons (Fsp3) is 0. The first kappa shape index (κ1) is 9.75. The third kappa shape index (κ3) is 2.88. The Bertz CT molecular complexity index is 404. The minimum atomic E-state index is -1.28. The SMILES string of the molecule is O=C(O)C#Cc1ccc(Br)cc1F. The van der Waals surface area contributed by atoms with E-state index in [-0.39, 0.29) is 5.56 Å². The first-order chi connectivity index (χ1) is 6.09. The summed E-state index contributed by atoms with van der Waals surface area (Å²) < 4.78 is 13.6. The number of halogens is 2. The van der Waals surface area contributed by atoms with E-state index in [4.69, 9.17) is 5.11 Å². The van der Waals surface area contributed by atoms with Crippen molar-refractivity contribution in [3.63, 3.8) is 0 Å². The minimum Gasteiger partial charge on any atom is -0.472 e. The van der Waals surface area contributed by atoms with Crippen LogP contribution in [0.1, 0.15) is 5.56 Å². The van der Waals surface area contributed by atoms with E-state index in [2.05, 4.69) is 21.9 Å². The molecule has 0 fully saturated rings. The second kappa shape index (κ2) is 4.06. The van der Waals surface area contributed by atoms with Gasteiger partial charge in [0.05, 0.1) is 5.56 Å². The highest BCUT2D eigenvalue weighted by Crippen LogP contribution is 2.14. The number of carboxylic acids is 1. The highest BCUT2D eigenvalue weighted by Gasteiger charge is 1.98. The van der Waals surface area contributed by atoms with Gasteiger partial charge in [-0.3, -0.25) is 0 Å². The van der Waals surface area contributed by atoms with Gasteiger partial charge in [0.1, 0.15) is 5.82 Å². The van der Waals surface area contributed by atoms with E-state index in [9.17, 15) is 9.18 Å². The predicted octanol–water partition coefficient (Wildman–Crippen LogP) is 2.02. The third-order valence-corrected chi connectivity index (χ3v) is 1.73. The Labute approximate surface area is 82.5 Å². The van der Waals surface area contributed by atoms with Crippen LogP contribution in [0, 0.1) is 17.7 Å². The van der Waals surface area contributed by atoms with Crippen molar-refractivity contribution in [3.05, 3.63) is 34.1 Å². The lowest BCUT2D eigenvalue weighted by atomic mass is 10.2. The van der Waals surface area contributed by atoms with Crippen LogP contribution in [-0.4, -0.2) is 11.1 Å². The Hall–Kier alpha value is -1.34. The van der Waals surface area contributed by atoms with Crippen LogP contribution in [0.4, 0.5) is 4.39 Å². The molecule has 0 aliphatic rings. The lowest BCUT2D eigenvalue weighted by Gasteiger charge is -1.93. The van der Waals surface area contributed by atoms with Crippen LogP contribution in [0.15, 0.2) is 22.7 Å². The zero-order valence-electron chi connectivity index (χ0n) is 6.34. The molecule has 0 spiro atoms. The van der Waals surface area contributed by atoms with Crippen molar-refractivity contribution < 1.29 is 14.3 Å². The lowest BCUT2D eigenvalue weighted by Crippen LogP contribution is -1.89. The van der Waals surface area contributed by atoms with Crippen molar-refractivity contribution in [2.75, 3.05) is 0 Å². The molecular weight excluding hydrogens is 239 g/mol. The van der Waals surface area contributed by atoms with Gasteiger partial charge in [0, 0.05) is 10.4 Å². The molecule has 1 N–H and O–H groups in total. The Morgan fingerprint density at radius 1 is 1.54 bits per heavy atom. The summed E-state index contributed by atoms with van der Waals surface area (Å²) >= 11 is 3.07. The van der Waals surface area contributed by atoms with Crippen molar-refractivity contribution in [2.45, 2.75) is 0 Å². The summed E-state index contributed by atoms with van der Waals surface area (Å²) in [6.45, 7) is 0. The molecule has 0 amide bonds. The molecule has 0 saturated carbocycles. The molecule has 0 saturated heterocycles. The molecular formula is C9H4BrFO2. The van der Waals surface area contributed by atoms with E-state index < -0.39 is 11.8 Å². The molecule has 0 aliphatic heterocycles. The van der Waals surface area contributed by atoms with Crippen LogP contribution in [0.2, 0.25) is 0 Å². The molecule has 0 unspecified atom stereocenters. The number of carboxylic acid groups (broad SMARTS) is 1. The van der Waals surface area contributed by atoms with Gasteiger partial charge in [0.25, 0.3) is 0 Å². The quantitative estimate of drug-likeness (QED) is 0.708. The van der Waals surface area contributed by atoms with Crippen LogP contribution in [0.25, 0.3) is 0 Å². The number of hydrogen-bond donors (Lipinski definition) is 1. The zero-order valence-corrected chi connectivity index (χ0v) is 7.93. The molecule has 1 aromatic rings. The fourth-order valence-electron chi connectivity index (χ4n) is 0.712. The molecule has 4 heteroatoms. The van der Waals surface area contributed by atoms with Crippen LogP contribution in [0.3, 0.4) is 0 Å². The molecule has 0 atom stereocenters. The molecule has 0 heterocycles. The molecule has 2 nitrogen and oxygen atoms in total. The van der Waals surface area contributed by atoms with Gasteiger partial charge in [-0.1, -0.05) is 21.9 Å². The average molecular weight is 243 g/mol. The third-order valence-electron chi connectivity index (χ3n) is 1.24. The van der Waals surface area contributed by atoms with Crippen LogP contribution in [0.5, 0.6) is 0 Å². The first-order valence-corrected chi connectivity index (χ1v) is 4.09. The Morgan fingerprint density at radius 2 is 2.23 bits per heavy atom. The van der Waals surface area contributed by atoms with Crippen molar-refractivity contribution >= 4 is 21.9 Å². The number of rotatable bonds is 0. The van der Waals surface area contributed by atoms with Gasteiger partial charge in [0.2, 0.25) is 0 Å². The molecule has 0 radical (unpaired) electrons. The lowest BCUT2D eigenvalue weighted by molar-refractivity contribution is -0.130. The van der Waals surface area contributed by atoms with E-state index in [1.807, 2.05) is 5.92 Å². The predicted molar refractivity (Wildman–Crippen MR) is 48.6 cm³/mol. The molecule has 1 aromatic carbocycles. The van der Waals surface area contributed by atoms with Gasteiger partial charge in [-0.2, -0.15) is 0 Å². The van der Waals surface area contributed by atoms with Gasteiger partial charge in [0.15, 0.2) is 0 Å². The van der Waals surface area contributed by atoms with E-state index in [0.717, 1.165) is 0 Å². The number of benzene rings is 1. The van der Waals surface area contributed by atoms with E-state index in [0.29, 0.717) is 4.47 Å². The van der Waals surface area contributed by atoms with Crippen LogP contribution in [-0.2, 0) is 4.79 Å². The van der Waals surface area contributed by atoms with Gasteiger partial charge in [-0.05, 0) is 18.2 Å². The van der Waals surface area contributed by atoms with Gasteiger partial charge >= 0.3 is 5.97 Å². The summed E-state index contributed by atoms with van der Waals surface area (Å²) in [5.41, 5.74) is 0.0746. The summed E-state index contributed by atoms with van der Waals surface area (Å²) in [7, 11) is 0. The van der Waals surface area contributed by atoms with Crippen molar-refractivity contribution in [3.8, 4) is 11.8 Å². The van der Waals surface area contributed by atoms with E-state index >= 15 is 0 Å². The smallest absolute Gasteiger partial charge is 0.382 e. The standard InChI is InChI=1S/C9H4BrFO2/c10-7-3-1-6(8(11)5-7)2-4-9(12)13/h1,3,5H,(H,12,13). The molecule has 66 valence electrons. The Balaban J connectivity index is 3.05. The number of carbonyl (C=O) groups is 1. The van der Waals surface area contributed by atoms with Crippen LogP contribution >= 0.6 is 15.9 Å². The summed E-state index contributed by atoms with van der Waals surface area (Å²) in [6.07, 6.45) is 0. The summed E-state index contributed by atoms with van der Waals surface area (Å²) in [5.74, 6) is 2.21. The van der Waals surface area contributed by atoms with E-state index in [1.165, 1.54) is 12.1 Å². The summed E-state index contributed by atoms with van der Waals surface area (Å²) in [5, 5.41) is 8.21. The Morgan fingerprint density at radius 3 is 2.77 bits per heavy atom. The van der Waals surface area contributed by atoms with Crippen LogP contribution < -0.4 is 0 Å². The fourth-order valence-corrected chi connectivity index (χ4v) is 1.04. The maximum Gasteiger partial charge on any atom is 0.382 e. The maximum atomic E-state index is 13.0. The molecule has 1 rings (SSSR count). The van der Waals surface area contributed by atoms with Crippen molar-refractivity contribution in [2.24, 2.45) is 0 Å². The second-order valence-electron chi connectivity index (χ2n) is 2.18. The first-order valence-electron chi connectivity index (χ1n) is 3.29. The van der Waals surface area contributed by atoms with E-state index in [1.54, 1.807) is 6.07 Å². The maximum absolute atomic E-state index is 13.0. The number of aliphatic carboxylic acids is 1. The molecule has 13 heavy (non-hydrogen) atoms. The monoisotopic (exact) mass is 242 g/mol. The highest BCUT2D eigenvalue weighted by molar-refractivity contribution is 9.10. The van der Waals surface area contributed by atoms with Crippen molar-refractivity contribution in [1.82, 2.24) is 0 Å². The summed E-state index contributed by atoms with van der Waals surface area (Å²) in [4.78, 5) is 10.0. The van der Waals surface area contributed by atoms with Gasteiger partial charge < -0.3 is 5.11 Å². The molecule has 0 aliphatic carbocycles. The van der Waals surface area contributed by atoms with Crippen molar-refractivity contribution in [1.29, 1.82) is 0 Å². The second-order valence-corrected chi connectivity index (χ2v) is 3.09. The highest BCUT2D eigenvalue weighted by atomic mass is 79.9. The largest absolute Gasteiger partial charge is 0.472 e. The normalized spacial score (nSPS) is 8.77. The molecule has 0 aromatic heterocycles. The minimum absolute atomic E-state index is 0.0746. The Kier molecular flexibility index (Phi) is 3.04. The number of hydrogen-bond acceptors (Lipinski definition) is 1. The molecule has 0 bridgehead atoms. The van der Waals surface area contributed by atoms with Gasteiger partial charge in [-0.15, -0.1) is 0 Å². The zero-order chi connectivity index (χ0) is 9.84. The van der Waals surface area contributed by atoms with Gasteiger partial charge in [-0.25, -0.2) is 9.18 Å². The summed E-state index contributed by atoms with van der Waals surface area (Å²) in [6, 6.07) is 4.23.